The molecule has 1 aliphatic rings. The van der Waals surface area contributed by atoms with Crippen LogP contribution in [0.2, 0.25) is 0 Å². The number of benzene rings is 1. The van der Waals surface area contributed by atoms with E-state index in [-0.39, 0.29) is 12.5 Å². The van der Waals surface area contributed by atoms with Gasteiger partial charge in [0.15, 0.2) is 6.61 Å². The van der Waals surface area contributed by atoms with Crippen molar-refractivity contribution in [3.05, 3.63) is 29.8 Å². The predicted octanol–water partition coefficient (Wildman–Crippen LogP) is 3.66. The lowest BCUT2D eigenvalue weighted by atomic mass is 9.85. The van der Waals surface area contributed by atoms with E-state index in [2.05, 4.69) is 13.8 Å². The van der Waals surface area contributed by atoms with Gasteiger partial charge in [-0.1, -0.05) is 38.8 Å². The molecule has 0 spiro atoms. The average Bonchev–Trinajstić information content (AvgIpc) is 2.53. The van der Waals surface area contributed by atoms with Crippen LogP contribution in [0.25, 0.3) is 0 Å². The van der Waals surface area contributed by atoms with Crippen LogP contribution in [0.3, 0.4) is 0 Å². The molecule has 0 aliphatic heterocycles. The monoisotopic (exact) mass is 289 g/mol. The summed E-state index contributed by atoms with van der Waals surface area (Å²) in [7, 11) is 1.92. The summed E-state index contributed by atoms with van der Waals surface area (Å²) in [5, 5.41) is 0. The highest BCUT2D eigenvalue weighted by Crippen LogP contribution is 2.27. The Kier molecular flexibility index (Phi) is 5.66. The van der Waals surface area contributed by atoms with Crippen LogP contribution in [0.15, 0.2) is 24.3 Å². The first-order chi connectivity index (χ1) is 10.1. The minimum atomic E-state index is 0.0771. The molecule has 1 saturated carbocycles. The molecule has 2 unspecified atom stereocenters. The van der Waals surface area contributed by atoms with Crippen LogP contribution in [0.4, 0.5) is 0 Å². The van der Waals surface area contributed by atoms with Gasteiger partial charge in [0.25, 0.3) is 5.91 Å². The molecule has 3 heteroatoms. The third kappa shape index (κ3) is 4.23. The minimum absolute atomic E-state index is 0.0771. The van der Waals surface area contributed by atoms with Gasteiger partial charge in [-0.15, -0.1) is 0 Å². The van der Waals surface area contributed by atoms with E-state index in [0.717, 1.165) is 18.6 Å². The van der Waals surface area contributed by atoms with Crippen LogP contribution >= 0.6 is 0 Å². The van der Waals surface area contributed by atoms with E-state index < -0.39 is 0 Å². The molecular formula is C18H27NO2. The normalized spacial score (nSPS) is 21.9. The van der Waals surface area contributed by atoms with Crippen LogP contribution in [0.5, 0.6) is 5.75 Å². The lowest BCUT2D eigenvalue weighted by Gasteiger charge is -2.36. The highest BCUT2D eigenvalue weighted by Gasteiger charge is 2.27. The Labute approximate surface area is 128 Å². The van der Waals surface area contributed by atoms with Crippen LogP contribution in [0.1, 0.15) is 45.1 Å². The van der Waals surface area contributed by atoms with Crippen molar-refractivity contribution in [2.45, 2.75) is 52.0 Å². The lowest BCUT2D eigenvalue weighted by Crippen LogP contribution is -2.44. The third-order valence-corrected chi connectivity index (χ3v) is 4.65. The van der Waals surface area contributed by atoms with Crippen molar-refractivity contribution in [1.82, 2.24) is 4.90 Å². The maximum atomic E-state index is 12.3. The lowest BCUT2D eigenvalue weighted by molar-refractivity contribution is -0.135. The van der Waals surface area contributed by atoms with Crippen LogP contribution in [-0.4, -0.2) is 30.5 Å². The van der Waals surface area contributed by atoms with Crippen molar-refractivity contribution < 1.29 is 9.53 Å². The Hall–Kier alpha value is -1.51. The summed E-state index contributed by atoms with van der Waals surface area (Å²) in [4.78, 5) is 14.2. The maximum absolute atomic E-state index is 12.3. The summed E-state index contributed by atoms with van der Waals surface area (Å²) in [5.41, 5.74) is 1.28. The Morgan fingerprint density at radius 3 is 2.52 bits per heavy atom. The van der Waals surface area contributed by atoms with E-state index in [1.54, 1.807) is 0 Å². The molecule has 116 valence electrons. The SMILES string of the molecule is CCc1ccc(OCC(=O)N(C)C2CCCCC2C)cc1. The van der Waals surface area contributed by atoms with Crippen LogP contribution < -0.4 is 4.74 Å². The maximum Gasteiger partial charge on any atom is 0.260 e. The summed E-state index contributed by atoms with van der Waals surface area (Å²) >= 11 is 0. The van der Waals surface area contributed by atoms with Gasteiger partial charge >= 0.3 is 0 Å². The molecule has 21 heavy (non-hydrogen) atoms. The van der Waals surface area contributed by atoms with E-state index in [1.165, 1.54) is 24.8 Å². The average molecular weight is 289 g/mol. The molecule has 0 N–H and O–H groups in total. The van der Waals surface area contributed by atoms with Crippen molar-refractivity contribution in [2.24, 2.45) is 5.92 Å². The van der Waals surface area contributed by atoms with E-state index >= 15 is 0 Å². The quantitative estimate of drug-likeness (QED) is 0.828. The van der Waals surface area contributed by atoms with E-state index in [4.69, 9.17) is 4.74 Å². The highest BCUT2D eigenvalue weighted by molar-refractivity contribution is 5.77. The first-order valence-electron chi connectivity index (χ1n) is 8.09. The van der Waals surface area contributed by atoms with Crippen molar-refractivity contribution in [3.63, 3.8) is 0 Å². The van der Waals surface area contributed by atoms with Gasteiger partial charge in [0, 0.05) is 13.1 Å². The fourth-order valence-corrected chi connectivity index (χ4v) is 3.13. The molecule has 1 fully saturated rings. The Morgan fingerprint density at radius 1 is 1.24 bits per heavy atom. The molecule has 1 amide bonds. The molecule has 0 aromatic heterocycles. The summed E-state index contributed by atoms with van der Waals surface area (Å²) in [6.07, 6.45) is 5.88. The molecule has 3 nitrogen and oxygen atoms in total. The van der Waals surface area contributed by atoms with Crippen molar-refractivity contribution >= 4 is 5.91 Å². The molecule has 2 rings (SSSR count). The fourth-order valence-electron chi connectivity index (χ4n) is 3.13. The van der Waals surface area contributed by atoms with Crippen LogP contribution in [-0.2, 0) is 11.2 Å². The number of aryl methyl sites for hydroxylation is 1. The summed E-state index contributed by atoms with van der Waals surface area (Å²) < 4.78 is 5.62. The topological polar surface area (TPSA) is 29.5 Å². The molecule has 1 aromatic carbocycles. The van der Waals surface area contributed by atoms with Crippen molar-refractivity contribution in [1.29, 1.82) is 0 Å². The summed E-state index contributed by atoms with van der Waals surface area (Å²) in [5.74, 6) is 1.44. The number of carbonyl (C=O) groups excluding carboxylic acids is 1. The van der Waals surface area contributed by atoms with Gasteiger partial charge in [-0.2, -0.15) is 0 Å². The molecule has 0 saturated heterocycles. The molecule has 0 bridgehead atoms. The summed E-state index contributed by atoms with van der Waals surface area (Å²) in [6.45, 7) is 4.50. The van der Waals surface area contributed by atoms with E-state index in [1.807, 2.05) is 36.2 Å². The number of hydrogen-bond donors (Lipinski definition) is 0. The van der Waals surface area contributed by atoms with Gasteiger partial charge in [0.2, 0.25) is 0 Å². The Bertz CT molecular complexity index is 455. The van der Waals surface area contributed by atoms with Crippen molar-refractivity contribution in [2.75, 3.05) is 13.7 Å². The van der Waals surface area contributed by atoms with Gasteiger partial charge in [-0.3, -0.25) is 4.79 Å². The number of likely N-dealkylation sites (N-methyl/N-ethyl adjacent to an activating group) is 1. The van der Waals surface area contributed by atoms with Gasteiger partial charge in [-0.05, 0) is 42.9 Å². The number of amides is 1. The van der Waals surface area contributed by atoms with Gasteiger partial charge in [-0.25, -0.2) is 0 Å². The first kappa shape index (κ1) is 15.9. The number of ether oxygens (including phenoxy) is 1. The van der Waals surface area contributed by atoms with E-state index in [0.29, 0.717) is 12.0 Å². The zero-order valence-electron chi connectivity index (χ0n) is 13.5. The largest absolute Gasteiger partial charge is 0.484 e. The van der Waals surface area contributed by atoms with Gasteiger partial charge in [0.1, 0.15) is 5.75 Å². The standard InChI is InChI=1S/C18H27NO2/c1-4-15-9-11-16(12-10-15)21-13-18(20)19(3)17-8-6-5-7-14(17)2/h9-12,14,17H,4-8,13H2,1-3H3. The molecular weight excluding hydrogens is 262 g/mol. The number of nitrogens with zero attached hydrogens (tertiary/aromatic N) is 1. The number of hydrogen-bond acceptors (Lipinski definition) is 2. The summed E-state index contributed by atoms with van der Waals surface area (Å²) in [6, 6.07) is 8.35. The Balaban J connectivity index is 1.85. The minimum Gasteiger partial charge on any atom is -0.484 e. The molecule has 1 aliphatic carbocycles. The first-order valence-corrected chi connectivity index (χ1v) is 8.09. The number of rotatable bonds is 5. The molecule has 1 aromatic rings. The Morgan fingerprint density at radius 2 is 1.90 bits per heavy atom. The zero-order valence-corrected chi connectivity index (χ0v) is 13.5. The second kappa shape index (κ2) is 7.48. The zero-order chi connectivity index (χ0) is 15.2. The second-order valence-electron chi connectivity index (χ2n) is 6.12. The van der Waals surface area contributed by atoms with E-state index in [9.17, 15) is 4.79 Å². The number of carbonyl (C=O) groups is 1. The van der Waals surface area contributed by atoms with Gasteiger partial charge < -0.3 is 9.64 Å². The predicted molar refractivity (Wildman–Crippen MR) is 85.5 cm³/mol. The fraction of sp³-hybridized carbons (Fsp3) is 0.611. The second-order valence-corrected chi connectivity index (χ2v) is 6.12. The van der Waals surface area contributed by atoms with Crippen molar-refractivity contribution in [3.8, 4) is 5.75 Å². The highest BCUT2D eigenvalue weighted by atomic mass is 16.5. The molecule has 0 radical (unpaired) electrons. The van der Waals surface area contributed by atoms with Crippen LogP contribution in [0, 0.1) is 5.92 Å². The smallest absolute Gasteiger partial charge is 0.260 e. The molecule has 0 heterocycles. The van der Waals surface area contributed by atoms with Gasteiger partial charge in [0.05, 0.1) is 0 Å². The third-order valence-electron chi connectivity index (χ3n) is 4.65. The molecule has 2 atom stereocenters.